The summed E-state index contributed by atoms with van der Waals surface area (Å²) >= 11 is 0. The minimum Gasteiger partial charge on any atom is -0.374 e. The van der Waals surface area contributed by atoms with Crippen LogP contribution < -0.4 is 0 Å². The second-order valence-corrected chi connectivity index (χ2v) is 5.67. The second-order valence-electron chi connectivity index (χ2n) is 5.67. The Kier molecular flexibility index (Phi) is 3.95. The molecule has 1 saturated carbocycles. The van der Waals surface area contributed by atoms with E-state index in [1.54, 1.807) is 0 Å². The highest BCUT2D eigenvalue weighted by molar-refractivity contribution is 5.85. The normalized spacial score (nSPS) is 22.4. The molecule has 1 aromatic rings. The number of nitrogens with zero attached hydrogens (tertiary/aromatic N) is 1. The van der Waals surface area contributed by atoms with E-state index in [9.17, 15) is 4.79 Å². The van der Waals surface area contributed by atoms with Gasteiger partial charge in [0.25, 0.3) is 0 Å². The molecule has 3 nitrogen and oxygen atoms in total. The average molecular weight is 259 g/mol. The van der Waals surface area contributed by atoms with Gasteiger partial charge in [0.05, 0.1) is 12.2 Å². The predicted octanol–water partition coefficient (Wildman–Crippen LogP) is 2.40. The number of piperidine rings is 1. The van der Waals surface area contributed by atoms with Crippen LogP contribution in [0.25, 0.3) is 0 Å². The van der Waals surface area contributed by atoms with E-state index < -0.39 is 0 Å². The lowest BCUT2D eigenvalue weighted by Crippen LogP contribution is -2.41. The van der Waals surface area contributed by atoms with Gasteiger partial charge < -0.3 is 4.74 Å². The fourth-order valence-corrected chi connectivity index (χ4v) is 2.86. The van der Waals surface area contributed by atoms with Crippen molar-refractivity contribution < 1.29 is 9.53 Å². The molecule has 1 aliphatic heterocycles. The largest absolute Gasteiger partial charge is 0.374 e. The molecule has 2 fully saturated rings. The Labute approximate surface area is 114 Å². The molecule has 3 heteroatoms. The summed E-state index contributed by atoms with van der Waals surface area (Å²) in [7, 11) is 0. The summed E-state index contributed by atoms with van der Waals surface area (Å²) < 4.78 is 5.95. The van der Waals surface area contributed by atoms with Gasteiger partial charge in [-0.1, -0.05) is 30.3 Å². The smallest absolute Gasteiger partial charge is 0.138 e. The van der Waals surface area contributed by atoms with Gasteiger partial charge in [0.2, 0.25) is 0 Å². The van der Waals surface area contributed by atoms with Crippen molar-refractivity contribution in [3.8, 4) is 0 Å². The molecule has 0 aromatic heterocycles. The maximum absolute atomic E-state index is 10.9. The standard InChI is InChI=1S/C16H21NO2/c18-14-10-16(11-14)19-15-6-8-17(9-7-15)12-13-4-2-1-3-5-13/h1-5,15-16H,6-12H2. The van der Waals surface area contributed by atoms with E-state index in [0.717, 1.165) is 32.5 Å². The molecule has 0 N–H and O–H groups in total. The molecule has 0 unspecified atom stereocenters. The summed E-state index contributed by atoms with van der Waals surface area (Å²) in [5.74, 6) is 0.353. The van der Waals surface area contributed by atoms with E-state index in [1.165, 1.54) is 5.56 Å². The number of Topliss-reactive ketones (excluding diaryl/α,β-unsaturated/α-hetero) is 1. The highest BCUT2D eigenvalue weighted by atomic mass is 16.5. The van der Waals surface area contributed by atoms with E-state index in [2.05, 4.69) is 35.2 Å². The zero-order valence-electron chi connectivity index (χ0n) is 11.3. The van der Waals surface area contributed by atoms with Gasteiger partial charge in [-0.3, -0.25) is 9.69 Å². The van der Waals surface area contributed by atoms with Gasteiger partial charge in [-0.2, -0.15) is 0 Å². The van der Waals surface area contributed by atoms with Crippen molar-refractivity contribution >= 4 is 5.78 Å². The fraction of sp³-hybridized carbons (Fsp3) is 0.562. The van der Waals surface area contributed by atoms with Crippen LogP contribution in [0.4, 0.5) is 0 Å². The van der Waals surface area contributed by atoms with Crippen LogP contribution in [0.2, 0.25) is 0 Å². The number of ether oxygens (including phenoxy) is 1. The fourth-order valence-electron chi connectivity index (χ4n) is 2.86. The third-order valence-corrected chi connectivity index (χ3v) is 4.08. The van der Waals surface area contributed by atoms with Crippen LogP contribution in [-0.2, 0) is 16.1 Å². The van der Waals surface area contributed by atoms with Crippen molar-refractivity contribution in [3.63, 3.8) is 0 Å². The first kappa shape index (κ1) is 12.8. The van der Waals surface area contributed by atoms with Crippen molar-refractivity contribution in [2.45, 2.75) is 44.4 Å². The summed E-state index contributed by atoms with van der Waals surface area (Å²) in [6.07, 6.45) is 4.06. The first-order valence-electron chi connectivity index (χ1n) is 7.23. The van der Waals surface area contributed by atoms with E-state index >= 15 is 0 Å². The Morgan fingerprint density at radius 3 is 2.37 bits per heavy atom. The number of hydrogen-bond acceptors (Lipinski definition) is 3. The van der Waals surface area contributed by atoms with Gasteiger partial charge in [-0.25, -0.2) is 0 Å². The molecule has 0 spiro atoms. The van der Waals surface area contributed by atoms with Gasteiger partial charge >= 0.3 is 0 Å². The van der Waals surface area contributed by atoms with E-state index in [0.29, 0.717) is 24.7 Å². The molecule has 3 rings (SSSR count). The van der Waals surface area contributed by atoms with Crippen LogP contribution in [0.3, 0.4) is 0 Å². The molecule has 102 valence electrons. The number of carbonyl (C=O) groups excluding carboxylic acids is 1. The number of rotatable bonds is 4. The third-order valence-electron chi connectivity index (χ3n) is 4.08. The monoisotopic (exact) mass is 259 g/mol. The lowest BCUT2D eigenvalue weighted by Gasteiger charge is -2.35. The van der Waals surface area contributed by atoms with Crippen LogP contribution >= 0.6 is 0 Å². The van der Waals surface area contributed by atoms with Crippen LogP contribution in [0.5, 0.6) is 0 Å². The number of hydrogen-bond donors (Lipinski definition) is 0. The number of carbonyl (C=O) groups is 1. The van der Waals surface area contributed by atoms with Crippen molar-refractivity contribution in [2.24, 2.45) is 0 Å². The van der Waals surface area contributed by atoms with Gasteiger partial charge in [0.15, 0.2) is 0 Å². The second kappa shape index (κ2) is 5.85. The minimum atomic E-state index is 0.221. The van der Waals surface area contributed by atoms with Crippen LogP contribution in [0.15, 0.2) is 30.3 Å². The van der Waals surface area contributed by atoms with Gasteiger partial charge in [-0.15, -0.1) is 0 Å². The highest BCUT2D eigenvalue weighted by Gasteiger charge is 2.31. The number of benzene rings is 1. The zero-order valence-corrected chi connectivity index (χ0v) is 11.3. The summed E-state index contributed by atoms with van der Waals surface area (Å²) in [6, 6.07) is 10.6. The topological polar surface area (TPSA) is 29.5 Å². The predicted molar refractivity (Wildman–Crippen MR) is 73.9 cm³/mol. The molecule has 0 bridgehead atoms. The maximum Gasteiger partial charge on any atom is 0.138 e. The van der Waals surface area contributed by atoms with Crippen LogP contribution in [-0.4, -0.2) is 36.0 Å². The molecule has 1 heterocycles. The molecule has 19 heavy (non-hydrogen) atoms. The quantitative estimate of drug-likeness (QED) is 0.831. The molecule has 2 aliphatic rings. The Bertz CT molecular complexity index is 416. The summed E-state index contributed by atoms with van der Waals surface area (Å²) in [5, 5.41) is 0. The maximum atomic E-state index is 10.9. The number of ketones is 1. The SMILES string of the molecule is O=C1CC(OC2CCN(Cc3ccccc3)CC2)C1. The Hall–Kier alpha value is -1.19. The van der Waals surface area contributed by atoms with Crippen molar-refractivity contribution in [2.75, 3.05) is 13.1 Å². The first-order valence-corrected chi connectivity index (χ1v) is 7.23. The van der Waals surface area contributed by atoms with E-state index in [4.69, 9.17) is 4.74 Å². The summed E-state index contributed by atoms with van der Waals surface area (Å²) in [5.41, 5.74) is 1.38. The summed E-state index contributed by atoms with van der Waals surface area (Å²) in [6.45, 7) is 3.23. The minimum absolute atomic E-state index is 0.221. The van der Waals surface area contributed by atoms with Crippen LogP contribution in [0.1, 0.15) is 31.2 Å². The Morgan fingerprint density at radius 1 is 1.05 bits per heavy atom. The lowest BCUT2D eigenvalue weighted by atomic mass is 9.93. The molecular formula is C16H21NO2. The van der Waals surface area contributed by atoms with Crippen molar-refractivity contribution in [3.05, 3.63) is 35.9 Å². The van der Waals surface area contributed by atoms with Gasteiger partial charge in [-0.05, 0) is 18.4 Å². The van der Waals surface area contributed by atoms with Gasteiger partial charge in [0, 0.05) is 32.5 Å². The molecular weight excluding hydrogens is 238 g/mol. The molecule has 0 atom stereocenters. The summed E-state index contributed by atoms with van der Waals surface area (Å²) in [4.78, 5) is 13.4. The third kappa shape index (κ3) is 3.43. The average Bonchev–Trinajstić information content (AvgIpc) is 2.40. The van der Waals surface area contributed by atoms with E-state index in [-0.39, 0.29) is 6.10 Å². The zero-order chi connectivity index (χ0) is 13.1. The van der Waals surface area contributed by atoms with E-state index in [1.807, 2.05) is 0 Å². The first-order chi connectivity index (χ1) is 9.29. The van der Waals surface area contributed by atoms with Crippen molar-refractivity contribution in [1.29, 1.82) is 0 Å². The molecule has 1 saturated heterocycles. The Morgan fingerprint density at radius 2 is 1.74 bits per heavy atom. The number of likely N-dealkylation sites (tertiary alicyclic amines) is 1. The van der Waals surface area contributed by atoms with Crippen LogP contribution in [0, 0.1) is 0 Å². The molecule has 1 aromatic carbocycles. The van der Waals surface area contributed by atoms with Gasteiger partial charge in [0.1, 0.15) is 5.78 Å². The molecule has 0 amide bonds. The highest BCUT2D eigenvalue weighted by Crippen LogP contribution is 2.24. The molecule has 0 radical (unpaired) electrons. The lowest BCUT2D eigenvalue weighted by molar-refractivity contribution is -0.140. The Balaban J connectivity index is 1.41. The van der Waals surface area contributed by atoms with Crippen molar-refractivity contribution in [1.82, 2.24) is 4.90 Å². The molecule has 1 aliphatic carbocycles.